The van der Waals surface area contributed by atoms with Gasteiger partial charge in [0.1, 0.15) is 61.0 Å². The molecule has 0 aromatic heterocycles. The molecule has 2 bridgehead atoms. The lowest BCUT2D eigenvalue weighted by atomic mass is 9.62. The van der Waals surface area contributed by atoms with Crippen LogP contribution in [0.3, 0.4) is 0 Å². The van der Waals surface area contributed by atoms with Crippen LogP contribution in [0.1, 0.15) is 17.5 Å². The number of hydrogen-bond donors (Lipinski definition) is 6. The highest BCUT2D eigenvalue weighted by atomic mass is 16.8. The fourth-order valence-corrected chi connectivity index (χ4v) is 6.68. The summed E-state index contributed by atoms with van der Waals surface area (Å²) < 4.78 is 28.1. The molecule has 11 atom stereocenters. The summed E-state index contributed by atoms with van der Waals surface area (Å²) in [5.41, 5.74) is 0.265. The van der Waals surface area contributed by atoms with E-state index < -0.39 is 85.1 Å². The fraction of sp³-hybridized carbons (Fsp3) is 0.643. The minimum absolute atomic E-state index is 0.00325. The molecule has 0 spiro atoms. The minimum atomic E-state index is -1.53. The summed E-state index contributed by atoms with van der Waals surface area (Å²) in [7, 11) is 0. The number of esters is 1. The van der Waals surface area contributed by atoms with E-state index in [2.05, 4.69) is 5.32 Å². The second kappa shape index (κ2) is 12.5. The molecule has 4 aliphatic heterocycles. The van der Waals surface area contributed by atoms with E-state index in [1.54, 1.807) is 12.2 Å². The maximum Gasteiger partial charge on any atom is 0.327 e. The van der Waals surface area contributed by atoms with Gasteiger partial charge in [-0.05, 0) is 11.1 Å². The zero-order valence-corrected chi connectivity index (χ0v) is 23.1. The summed E-state index contributed by atoms with van der Waals surface area (Å²) in [6.45, 7) is -0.637. The first kappa shape index (κ1) is 30.5. The van der Waals surface area contributed by atoms with Gasteiger partial charge in [-0.2, -0.15) is 5.06 Å². The summed E-state index contributed by atoms with van der Waals surface area (Å²) in [5, 5.41) is 52.8. The van der Waals surface area contributed by atoms with E-state index in [0.717, 1.165) is 11.1 Å². The number of nitrogens with zero attached hydrogens (tertiary/aromatic N) is 1. The number of carbonyl (C=O) groups excluding carboxylic acids is 2. The van der Waals surface area contributed by atoms with Gasteiger partial charge in [0.15, 0.2) is 12.3 Å². The lowest BCUT2D eigenvalue weighted by Crippen LogP contribution is -2.69. The number of aliphatic hydroxyl groups excluding tert-OH is 5. The van der Waals surface area contributed by atoms with Gasteiger partial charge in [-0.3, -0.25) is 14.4 Å². The summed E-state index contributed by atoms with van der Waals surface area (Å²) in [5.74, 6) is -1.00. The number of nitrogens with one attached hydrogen (secondary N) is 1. The number of hydroxylamine groups is 2. The van der Waals surface area contributed by atoms with E-state index in [4.69, 9.17) is 28.5 Å². The molecular weight excluding hydrogens is 572 g/mol. The van der Waals surface area contributed by atoms with E-state index in [-0.39, 0.29) is 39.5 Å². The van der Waals surface area contributed by atoms with Gasteiger partial charge in [0.05, 0.1) is 26.4 Å². The average molecular weight is 609 g/mol. The number of aliphatic hydroxyl groups is 5. The fourth-order valence-electron chi connectivity index (χ4n) is 6.68. The van der Waals surface area contributed by atoms with Crippen LogP contribution >= 0.6 is 0 Å². The maximum absolute atomic E-state index is 13.6. The van der Waals surface area contributed by atoms with Crippen LogP contribution in [0.4, 0.5) is 0 Å². The largest absolute Gasteiger partial charge is 0.458 e. The molecule has 43 heavy (non-hydrogen) atoms. The molecular formula is C28H36N2O13. The van der Waals surface area contributed by atoms with Crippen molar-refractivity contribution in [3.05, 3.63) is 41.5 Å². The van der Waals surface area contributed by atoms with E-state index in [9.17, 15) is 35.1 Å². The lowest BCUT2D eigenvalue weighted by Gasteiger charge is -2.48. The number of benzene rings is 1. The molecule has 4 saturated heterocycles. The molecule has 5 aliphatic rings. The van der Waals surface area contributed by atoms with Crippen molar-refractivity contribution >= 4 is 18.0 Å². The molecule has 0 unspecified atom stereocenters. The molecule has 1 amide bonds. The van der Waals surface area contributed by atoms with Crippen LogP contribution in [0.5, 0.6) is 0 Å². The van der Waals surface area contributed by atoms with Crippen molar-refractivity contribution in [1.29, 1.82) is 0 Å². The average Bonchev–Trinajstić information content (AvgIpc) is 3.63. The summed E-state index contributed by atoms with van der Waals surface area (Å²) in [6.07, 6.45) is -5.79. The normalized spacial score (nSPS) is 40.4. The van der Waals surface area contributed by atoms with E-state index in [1.165, 1.54) is 5.06 Å². The van der Waals surface area contributed by atoms with Gasteiger partial charge in [0.2, 0.25) is 5.91 Å². The van der Waals surface area contributed by atoms with Crippen molar-refractivity contribution in [2.24, 2.45) is 5.41 Å². The molecule has 5 fully saturated rings. The van der Waals surface area contributed by atoms with E-state index in [1.807, 2.05) is 24.3 Å². The third-order valence-corrected chi connectivity index (χ3v) is 8.70. The predicted molar refractivity (Wildman–Crippen MR) is 141 cm³/mol. The SMILES string of the molecule is O=C1O[C@@H]2C[C@@]3(C(=O)NCCO)[C@H](ON(Cc4cccc(C=CCO[C@H]5O[C@H](CO)[C@H](O)[C@H](O)[C@H]5O)c4)[C@@H]13)[C@H]1OCO[C@H]12. The van der Waals surface area contributed by atoms with Crippen molar-refractivity contribution < 1.29 is 63.6 Å². The van der Waals surface area contributed by atoms with Gasteiger partial charge in [-0.25, -0.2) is 0 Å². The van der Waals surface area contributed by atoms with E-state index >= 15 is 0 Å². The molecule has 6 rings (SSSR count). The molecule has 236 valence electrons. The zero-order valence-electron chi connectivity index (χ0n) is 23.1. The van der Waals surface area contributed by atoms with Crippen LogP contribution in [0.2, 0.25) is 0 Å². The first-order chi connectivity index (χ1) is 20.8. The number of rotatable bonds is 10. The molecule has 1 aliphatic carbocycles. The molecule has 1 saturated carbocycles. The topological polar surface area (TPSA) is 206 Å². The molecule has 1 aromatic carbocycles. The Morgan fingerprint density at radius 3 is 2.74 bits per heavy atom. The minimum Gasteiger partial charge on any atom is -0.458 e. The van der Waals surface area contributed by atoms with Crippen molar-refractivity contribution in [3.8, 4) is 0 Å². The first-order valence-electron chi connectivity index (χ1n) is 14.2. The van der Waals surface area contributed by atoms with Gasteiger partial charge < -0.3 is 54.5 Å². The van der Waals surface area contributed by atoms with Crippen LogP contribution in [0.25, 0.3) is 6.08 Å². The van der Waals surface area contributed by atoms with Crippen LogP contribution in [0.15, 0.2) is 30.3 Å². The number of amides is 1. The molecule has 4 heterocycles. The Morgan fingerprint density at radius 1 is 1.14 bits per heavy atom. The molecule has 15 heteroatoms. The quantitative estimate of drug-likeness (QED) is 0.148. The van der Waals surface area contributed by atoms with Gasteiger partial charge in [0.25, 0.3) is 0 Å². The Labute approximate surface area is 246 Å². The summed E-state index contributed by atoms with van der Waals surface area (Å²) in [6, 6.07) is 6.34. The first-order valence-corrected chi connectivity index (χ1v) is 14.2. The Morgan fingerprint density at radius 2 is 1.95 bits per heavy atom. The lowest BCUT2D eigenvalue weighted by molar-refractivity contribution is -0.298. The maximum atomic E-state index is 13.6. The third kappa shape index (κ3) is 5.38. The van der Waals surface area contributed by atoms with Crippen LogP contribution in [-0.4, -0.2) is 137 Å². The number of fused-ring (bicyclic) bond motifs is 4. The molecule has 1 aromatic rings. The third-order valence-electron chi connectivity index (χ3n) is 8.70. The predicted octanol–water partition coefficient (Wildman–Crippen LogP) is -2.83. The van der Waals surface area contributed by atoms with Crippen molar-refractivity contribution in [1.82, 2.24) is 10.4 Å². The second-order valence-electron chi connectivity index (χ2n) is 11.3. The Kier molecular flexibility index (Phi) is 8.83. The highest BCUT2D eigenvalue weighted by molar-refractivity contribution is 5.93. The second-order valence-corrected chi connectivity index (χ2v) is 11.3. The van der Waals surface area contributed by atoms with Crippen molar-refractivity contribution in [2.75, 3.05) is 33.2 Å². The van der Waals surface area contributed by atoms with Crippen molar-refractivity contribution in [2.45, 2.75) is 74.1 Å². The van der Waals surface area contributed by atoms with Gasteiger partial charge in [-0.15, -0.1) is 0 Å². The summed E-state index contributed by atoms with van der Waals surface area (Å²) >= 11 is 0. The highest BCUT2D eigenvalue weighted by Gasteiger charge is 2.74. The molecule has 15 nitrogen and oxygen atoms in total. The Hall–Kier alpha value is -2.54. The van der Waals surface area contributed by atoms with Crippen LogP contribution < -0.4 is 5.32 Å². The number of carbonyl (C=O) groups is 2. The van der Waals surface area contributed by atoms with Gasteiger partial charge >= 0.3 is 5.97 Å². The Balaban J connectivity index is 1.15. The van der Waals surface area contributed by atoms with Crippen LogP contribution in [0, 0.1) is 5.41 Å². The standard InChI is InChI=1S/C28H36N2O13/c31-7-6-29-27(37)28-10-16-21-22(40-13-39-21)24(28)43-30(23(28)25(36)41-16)11-15-4-1-3-14(9-15)5-2-8-38-26-20(35)19(34)18(33)17(12-32)42-26/h1-5,9,16-24,26,31-35H,6-8,10-13H2,(H,29,37)/t16-,17-,18+,19+,20-,21+,22+,23+,24-,26+,28+/m1/s1. The van der Waals surface area contributed by atoms with Crippen LogP contribution in [-0.2, 0) is 44.7 Å². The van der Waals surface area contributed by atoms with Gasteiger partial charge in [-0.1, -0.05) is 36.4 Å². The molecule has 6 N–H and O–H groups in total. The van der Waals surface area contributed by atoms with Gasteiger partial charge in [0, 0.05) is 13.0 Å². The smallest absolute Gasteiger partial charge is 0.327 e. The monoisotopic (exact) mass is 608 g/mol. The Bertz CT molecular complexity index is 1210. The molecule has 0 radical (unpaired) electrons. The number of ether oxygens (including phenoxy) is 5. The highest BCUT2D eigenvalue weighted by Crippen LogP contribution is 2.55. The number of hydrogen-bond acceptors (Lipinski definition) is 14. The summed E-state index contributed by atoms with van der Waals surface area (Å²) in [4.78, 5) is 33.2. The van der Waals surface area contributed by atoms with Crippen molar-refractivity contribution in [3.63, 3.8) is 0 Å². The zero-order chi connectivity index (χ0) is 30.3. The van der Waals surface area contributed by atoms with E-state index in [0.29, 0.717) is 0 Å².